The number of para-hydroxylation sites is 2. The Kier molecular flexibility index (Phi) is 7.79. The molecular weight excluding hydrogens is 408 g/mol. The second-order valence-electron chi connectivity index (χ2n) is 6.67. The van der Waals surface area contributed by atoms with E-state index in [1.54, 1.807) is 60.7 Å². The van der Waals surface area contributed by atoms with Crippen molar-refractivity contribution in [2.24, 2.45) is 0 Å². The molecule has 10 heteroatoms. The Bertz CT molecular complexity index is 851. The normalized spacial score (nSPS) is 25.3. The number of aliphatic hydroxyl groups is 2. The van der Waals surface area contributed by atoms with E-state index in [-0.39, 0.29) is 0 Å². The van der Waals surface area contributed by atoms with Crippen LogP contribution in [0.3, 0.4) is 0 Å². The number of amides is 2. The monoisotopic (exact) mass is 432 g/mol. The molecule has 2 amide bonds. The molecule has 5 unspecified atom stereocenters. The van der Waals surface area contributed by atoms with E-state index in [1.807, 2.05) is 0 Å². The Morgan fingerprint density at radius 1 is 0.903 bits per heavy atom. The molecule has 2 aromatic rings. The molecule has 1 aliphatic heterocycles. The molecule has 0 aliphatic carbocycles. The Morgan fingerprint density at radius 3 is 1.84 bits per heavy atom. The van der Waals surface area contributed by atoms with E-state index in [0.29, 0.717) is 11.4 Å². The smallest absolute Gasteiger partial charge is 0.412 e. The van der Waals surface area contributed by atoms with Gasteiger partial charge in [0.1, 0.15) is 12.2 Å². The lowest BCUT2D eigenvalue weighted by Gasteiger charge is -2.42. The zero-order valence-corrected chi connectivity index (χ0v) is 16.7. The Labute approximate surface area is 178 Å². The van der Waals surface area contributed by atoms with Gasteiger partial charge in [-0.25, -0.2) is 9.59 Å². The second-order valence-corrected chi connectivity index (χ2v) is 6.67. The highest BCUT2D eigenvalue weighted by Crippen LogP contribution is 2.27. The van der Waals surface area contributed by atoms with Crippen LogP contribution in [0.4, 0.5) is 21.0 Å². The summed E-state index contributed by atoms with van der Waals surface area (Å²) in [5, 5.41) is 25.3. The number of nitrogens with one attached hydrogen (secondary N) is 2. The topological polar surface area (TPSA) is 136 Å². The maximum atomic E-state index is 12.4. The fourth-order valence-corrected chi connectivity index (χ4v) is 3.10. The van der Waals surface area contributed by atoms with Crippen molar-refractivity contribution in [3.8, 4) is 0 Å². The van der Waals surface area contributed by atoms with Gasteiger partial charge in [-0.1, -0.05) is 36.4 Å². The first-order valence-electron chi connectivity index (χ1n) is 9.54. The van der Waals surface area contributed by atoms with Crippen molar-refractivity contribution in [3.05, 3.63) is 60.7 Å². The first kappa shape index (κ1) is 22.5. The number of benzene rings is 2. The predicted octanol–water partition coefficient (Wildman–Crippen LogP) is 1.95. The van der Waals surface area contributed by atoms with E-state index < -0.39 is 49.5 Å². The summed E-state index contributed by atoms with van der Waals surface area (Å²) in [4.78, 5) is 24.8. The van der Waals surface area contributed by atoms with E-state index in [4.69, 9.17) is 18.9 Å². The molecule has 0 radical (unpaired) electrons. The van der Waals surface area contributed by atoms with Crippen LogP contribution in [0.1, 0.15) is 0 Å². The molecule has 1 saturated heterocycles. The number of aliphatic hydroxyl groups excluding tert-OH is 2. The average Bonchev–Trinajstić information content (AvgIpc) is 2.77. The molecule has 166 valence electrons. The van der Waals surface area contributed by atoms with E-state index >= 15 is 0 Å². The quantitative estimate of drug-likeness (QED) is 0.544. The first-order chi connectivity index (χ1) is 15.0. The van der Waals surface area contributed by atoms with E-state index in [2.05, 4.69) is 10.6 Å². The minimum atomic E-state index is -1.48. The van der Waals surface area contributed by atoms with Crippen LogP contribution in [0.2, 0.25) is 0 Å². The summed E-state index contributed by atoms with van der Waals surface area (Å²) in [7, 11) is 1.28. The average molecular weight is 432 g/mol. The van der Waals surface area contributed by atoms with Crippen molar-refractivity contribution in [2.75, 3.05) is 24.4 Å². The standard InChI is InChI=1S/C21H24N2O8/c1-28-19-16(25)18(31-21(27)23-14-10-6-3-7-11-14)17(15(12-24)29-19)30-20(26)22-13-8-4-2-5-9-13/h2-11,15-19,24-25H,12H2,1H3,(H,22,26)(H,23,27). The van der Waals surface area contributed by atoms with Crippen LogP contribution in [0.25, 0.3) is 0 Å². The molecule has 1 aliphatic rings. The largest absolute Gasteiger partial charge is 0.439 e. The molecule has 2 aromatic carbocycles. The van der Waals surface area contributed by atoms with E-state index in [1.165, 1.54) is 7.11 Å². The molecule has 0 aromatic heterocycles. The molecule has 0 bridgehead atoms. The lowest BCUT2D eigenvalue weighted by atomic mass is 9.98. The molecule has 4 N–H and O–H groups in total. The van der Waals surface area contributed by atoms with Crippen LogP contribution in [-0.4, -0.2) is 66.8 Å². The van der Waals surface area contributed by atoms with Gasteiger partial charge in [-0.2, -0.15) is 0 Å². The van der Waals surface area contributed by atoms with Crippen molar-refractivity contribution in [3.63, 3.8) is 0 Å². The van der Waals surface area contributed by atoms with Crippen LogP contribution in [0.5, 0.6) is 0 Å². The lowest BCUT2D eigenvalue weighted by molar-refractivity contribution is -0.291. The van der Waals surface area contributed by atoms with Crippen molar-refractivity contribution < 1.29 is 38.7 Å². The summed E-state index contributed by atoms with van der Waals surface area (Å²) in [5.74, 6) is 0. The Morgan fingerprint density at radius 2 is 1.39 bits per heavy atom. The number of carbonyl (C=O) groups is 2. The number of methoxy groups -OCH3 is 1. The molecule has 1 fully saturated rings. The molecule has 10 nitrogen and oxygen atoms in total. The van der Waals surface area contributed by atoms with Gasteiger partial charge in [0.15, 0.2) is 18.5 Å². The van der Waals surface area contributed by atoms with Gasteiger partial charge in [0, 0.05) is 18.5 Å². The van der Waals surface area contributed by atoms with Gasteiger partial charge in [0.2, 0.25) is 0 Å². The summed E-state index contributed by atoms with van der Waals surface area (Å²) >= 11 is 0. The fourth-order valence-electron chi connectivity index (χ4n) is 3.10. The van der Waals surface area contributed by atoms with Crippen LogP contribution < -0.4 is 10.6 Å². The van der Waals surface area contributed by atoms with Crippen LogP contribution in [0, 0.1) is 0 Å². The SMILES string of the molecule is COC1OC(CO)C(OC(=O)Nc2ccccc2)C(OC(=O)Nc2ccccc2)C1O. The van der Waals surface area contributed by atoms with Crippen molar-refractivity contribution in [1.82, 2.24) is 0 Å². The van der Waals surface area contributed by atoms with Gasteiger partial charge in [-0.05, 0) is 24.3 Å². The number of anilines is 2. The Hall–Kier alpha value is -3.18. The molecule has 31 heavy (non-hydrogen) atoms. The van der Waals surface area contributed by atoms with Gasteiger partial charge >= 0.3 is 12.2 Å². The zero-order valence-electron chi connectivity index (χ0n) is 16.7. The maximum absolute atomic E-state index is 12.4. The number of hydrogen-bond acceptors (Lipinski definition) is 8. The summed E-state index contributed by atoms with van der Waals surface area (Å²) in [6, 6.07) is 17.1. The number of rotatable bonds is 6. The van der Waals surface area contributed by atoms with Crippen molar-refractivity contribution in [2.45, 2.75) is 30.7 Å². The fraction of sp³-hybridized carbons (Fsp3) is 0.333. The van der Waals surface area contributed by atoms with E-state index in [0.717, 1.165) is 0 Å². The van der Waals surface area contributed by atoms with Gasteiger partial charge < -0.3 is 29.2 Å². The van der Waals surface area contributed by atoms with Gasteiger partial charge in [-0.15, -0.1) is 0 Å². The maximum Gasteiger partial charge on any atom is 0.412 e. The van der Waals surface area contributed by atoms with Crippen molar-refractivity contribution >= 4 is 23.6 Å². The third-order valence-corrected chi connectivity index (χ3v) is 4.55. The minimum absolute atomic E-state index is 0.468. The number of carbonyl (C=O) groups excluding carboxylic acids is 2. The molecule has 0 saturated carbocycles. The van der Waals surface area contributed by atoms with E-state index in [9.17, 15) is 19.8 Å². The highest BCUT2D eigenvalue weighted by molar-refractivity contribution is 5.85. The Balaban J connectivity index is 1.74. The third-order valence-electron chi connectivity index (χ3n) is 4.55. The van der Waals surface area contributed by atoms with Crippen LogP contribution in [-0.2, 0) is 18.9 Å². The summed E-state index contributed by atoms with van der Waals surface area (Å²) in [5.41, 5.74) is 0.940. The predicted molar refractivity (Wildman–Crippen MR) is 109 cm³/mol. The molecular formula is C21H24N2O8. The highest BCUT2D eigenvalue weighted by Gasteiger charge is 2.50. The summed E-state index contributed by atoms with van der Waals surface area (Å²) in [6.07, 6.45) is -8.24. The lowest BCUT2D eigenvalue weighted by Crippen LogP contribution is -2.62. The molecule has 0 spiro atoms. The first-order valence-corrected chi connectivity index (χ1v) is 9.54. The highest BCUT2D eigenvalue weighted by atomic mass is 16.7. The molecule has 1 heterocycles. The zero-order chi connectivity index (χ0) is 22.2. The number of hydrogen-bond donors (Lipinski definition) is 4. The summed E-state index contributed by atoms with van der Waals surface area (Å²) < 4.78 is 21.2. The van der Waals surface area contributed by atoms with Gasteiger partial charge in [-0.3, -0.25) is 10.6 Å². The molecule has 3 rings (SSSR count). The molecule has 5 atom stereocenters. The number of ether oxygens (including phenoxy) is 4. The van der Waals surface area contributed by atoms with Crippen molar-refractivity contribution in [1.29, 1.82) is 0 Å². The minimum Gasteiger partial charge on any atom is -0.439 e. The second kappa shape index (κ2) is 10.7. The third kappa shape index (κ3) is 5.92. The van der Waals surface area contributed by atoms with Gasteiger partial charge in [0.25, 0.3) is 0 Å². The van der Waals surface area contributed by atoms with Gasteiger partial charge in [0.05, 0.1) is 6.61 Å². The van der Waals surface area contributed by atoms with Crippen LogP contribution in [0.15, 0.2) is 60.7 Å². The summed E-state index contributed by atoms with van der Waals surface area (Å²) in [6.45, 7) is -0.573. The van der Waals surface area contributed by atoms with Crippen LogP contribution >= 0.6 is 0 Å².